The lowest BCUT2D eigenvalue weighted by atomic mass is 10.2. The highest BCUT2D eigenvalue weighted by molar-refractivity contribution is 5.89. The Balaban J connectivity index is 1.80. The molecule has 0 aromatic carbocycles. The molecule has 0 atom stereocenters. The van der Waals surface area contributed by atoms with Crippen LogP contribution in [0, 0.1) is 6.92 Å². The number of aromatic nitrogens is 1. The number of carbonyl (C=O) groups excluding carboxylic acids is 1. The molecular formula is C13H17N3O3. The number of aryl methyl sites for hydroxylation is 1. The van der Waals surface area contributed by atoms with Gasteiger partial charge in [-0.05, 0) is 31.9 Å². The second-order valence-electron chi connectivity index (χ2n) is 4.65. The molecular weight excluding hydrogens is 246 g/mol. The minimum Gasteiger partial charge on any atom is -0.478 e. The van der Waals surface area contributed by atoms with Crippen molar-refractivity contribution >= 4 is 17.7 Å². The monoisotopic (exact) mass is 263 g/mol. The number of pyridine rings is 1. The lowest BCUT2D eigenvalue weighted by molar-refractivity contribution is -0.120. The minimum atomic E-state index is -0.986. The number of nitrogens with zero attached hydrogens (tertiary/aromatic N) is 1. The maximum Gasteiger partial charge on any atom is 0.337 e. The molecule has 1 saturated carbocycles. The first kappa shape index (κ1) is 13.3. The van der Waals surface area contributed by atoms with Crippen LogP contribution in [0.15, 0.2) is 12.1 Å². The van der Waals surface area contributed by atoms with Crippen LogP contribution in [-0.2, 0) is 4.79 Å². The molecule has 2 rings (SSSR count). The predicted molar refractivity (Wildman–Crippen MR) is 70.2 cm³/mol. The first-order valence-corrected chi connectivity index (χ1v) is 6.30. The summed E-state index contributed by atoms with van der Waals surface area (Å²) < 4.78 is 0. The molecule has 0 radical (unpaired) electrons. The Kier molecular flexibility index (Phi) is 3.99. The van der Waals surface area contributed by atoms with Crippen LogP contribution in [-0.4, -0.2) is 34.6 Å². The summed E-state index contributed by atoms with van der Waals surface area (Å²) in [5, 5.41) is 14.8. The first-order chi connectivity index (χ1) is 9.06. The van der Waals surface area contributed by atoms with Crippen LogP contribution in [0.3, 0.4) is 0 Å². The molecule has 0 aliphatic heterocycles. The Hall–Kier alpha value is -2.11. The van der Waals surface area contributed by atoms with Crippen LogP contribution < -0.4 is 10.6 Å². The van der Waals surface area contributed by atoms with Crippen molar-refractivity contribution in [1.29, 1.82) is 0 Å². The number of carbonyl (C=O) groups is 2. The zero-order valence-electron chi connectivity index (χ0n) is 10.8. The first-order valence-electron chi connectivity index (χ1n) is 6.30. The lowest BCUT2D eigenvalue weighted by Crippen LogP contribution is -2.27. The number of nitrogens with one attached hydrogen (secondary N) is 2. The molecule has 102 valence electrons. The summed E-state index contributed by atoms with van der Waals surface area (Å²) >= 11 is 0. The highest BCUT2D eigenvalue weighted by Crippen LogP contribution is 2.18. The van der Waals surface area contributed by atoms with Crippen LogP contribution in [0.4, 0.5) is 5.82 Å². The molecule has 3 N–H and O–H groups in total. The van der Waals surface area contributed by atoms with Gasteiger partial charge in [-0.15, -0.1) is 0 Å². The summed E-state index contributed by atoms with van der Waals surface area (Å²) in [6, 6.07) is 3.50. The zero-order chi connectivity index (χ0) is 13.8. The Morgan fingerprint density at radius 3 is 2.74 bits per heavy atom. The second-order valence-corrected chi connectivity index (χ2v) is 4.65. The van der Waals surface area contributed by atoms with Gasteiger partial charge < -0.3 is 15.7 Å². The van der Waals surface area contributed by atoms with Crippen molar-refractivity contribution in [1.82, 2.24) is 10.3 Å². The van der Waals surface area contributed by atoms with E-state index < -0.39 is 5.97 Å². The predicted octanol–water partition coefficient (Wildman–Crippen LogP) is 1.17. The number of hydrogen-bond donors (Lipinski definition) is 3. The summed E-state index contributed by atoms with van der Waals surface area (Å²) in [7, 11) is 0. The van der Waals surface area contributed by atoms with Gasteiger partial charge in [-0.2, -0.15) is 0 Å². The van der Waals surface area contributed by atoms with Gasteiger partial charge in [-0.1, -0.05) is 0 Å². The molecule has 0 bridgehead atoms. The number of hydrogen-bond acceptors (Lipinski definition) is 4. The quantitative estimate of drug-likeness (QED) is 0.716. The lowest BCUT2D eigenvalue weighted by Gasteiger charge is -2.08. The largest absolute Gasteiger partial charge is 0.478 e. The van der Waals surface area contributed by atoms with Crippen LogP contribution in [0.2, 0.25) is 0 Å². The molecule has 6 heteroatoms. The maximum atomic E-state index is 11.4. The Labute approximate surface area is 111 Å². The fourth-order valence-electron chi connectivity index (χ4n) is 1.72. The number of carboxylic acids is 1. The fourth-order valence-corrected chi connectivity index (χ4v) is 1.72. The number of rotatable bonds is 6. The van der Waals surface area contributed by atoms with Crippen LogP contribution >= 0.6 is 0 Å². The van der Waals surface area contributed by atoms with Crippen molar-refractivity contribution in [2.45, 2.75) is 32.2 Å². The third kappa shape index (κ3) is 3.94. The molecule has 1 fully saturated rings. The third-order valence-electron chi connectivity index (χ3n) is 2.92. The Morgan fingerprint density at radius 2 is 2.16 bits per heavy atom. The molecule has 0 saturated heterocycles. The van der Waals surface area contributed by atoms with Crippen molar-refractivity contribution in [3.8, 4) is 0 Å². The van der Waals surface area contributed by atoms with Gasteiger partial charge in [0.25, 0.3) is 0 Å². The fraction of sp³-hybridized carbons (Fsp3) is 0.462. The van der Waals surface area contributed by atoms with Crippen molar-refractivity contribution in [2.75, 3.05) is 11.9 Å². The molecule has 1 aliphatic rings. The summed E-state index contributed by atoms with van der Waals surface area (Å²) in [4.78, 5) is 26.4. The number of aromatic carboxylic acids is 1. The van der Waals surface area contributed by atoms with Gasteiger partial charge in [-0.3, -0.25) is 4.79 Å². The molecule has 1 aromatic heterocycles. The zero-order valence-corrected chi connectivity index (χ0v) is 10.8. The molecule has 19 heavy (non-hydrogen) atoms. The van der Waals surface area contributed by atoms with Crippen molar-refractivity contribution in [3.05, 3.63) is 23.4 Å². The summed E-state index contributed by atoms with van der Waals surface area (Å²) in [6.45, 7) is 2.13. The molecule has 0 unspecified atom stereocenters. The molecule has 1 aliphatic carbocycles. The number of carboxylic acid groups (broad SMARTS) is 1. The smallest absolute Gasteiger partial charge is 0.337 e. The number of anilines is 1. The minimum absolute atomic E-state index is 0.0360. The third-order valence-corrected chi connectivity index (χ3v) is 2.92. The van der Waals surface area contributed by atoms with E-state index >= 15 is 0 Å². The van der Waals surface area contributed by atoms with E-state index in [0.717, 1.165) is 12.8 Å². The van der Waals surface area contributed by atoms with E-state index in [1.54, 1.807) is 13.0 Å². The summed E-state index contributed by atoms with van der Waals surface area (Å²) in [6.07, 6.45) is 2.55. The topological polar surface area (TPSA) is 91.3 Å². The van der Waals surface area contributed by atoms with E-state index in [1.165, 1.54) is 6.07 Å². The Bertz CT molecular complexity index is 498. The summed E-state index contributed by atoms with van der Waals surface area (Å²) in [5.41, 5.74) is 0.650. The van der Waals surface area contributed by atoms with E-state index in [1.807, 2.05) is 0 Å². The van der Waals surface area contributed by atoms with Gasteiger partial charge >= 0.3 is 5.97 Å². The SMILES string of the molecule is Cc1nc(NCCC(=O)NC2CC2)ccc1C(=O)O. The highest BCUT2D eigenvalue weighted by Gasteiger charge is 2.22. The van der Waals surface area contributed by atoms with E-state index in [9.17, 15) is 9.59 Å². The number of amides is 1. The van der Waals surface area contributed by atoms with Crippen LogP contribution in [0.5, 0.6) is 0 Å². The van der Waals surface area contributed by atoms with Crippen LogP contribution in [0.1, 0.15) is 35.3 Å². The van der Waals surface area contributed by atoms with E-state index in [4.69, 9.17) is 5.11 Å². The van der Waals surface area contributed by atoms with Crippen molar-refractivity contribution in [2.24, 2.45) is 0 Å². The van der Waals surface area contributed by atoms with Crippen LogP contribution in [0.25, 0.3) is 0 Å². The average molecular weight is 263 g/mol. The molecule has 1 heterocycles. The highest BCUT2D eigenvalue weighted by atomic mass is 16.4. The van der Waals surface area contributed by atoms with Crippen molar-refractivity contribution < 1.29 is 14.7 Å². The van der Waals surface area contributed by atoms with Gasteiger partial charge in [0.15, 0.2) is 0 Å². The van der Waals surface area contributed by atoms with E-state index in [0.29, 0.717) is 30.5 Å². The van der Waals surface area contributed by atoms with Crippen molar-refractivity contribution in [3.63, 3.8) is 0 Å². The van der Waals surface area contributed by atoms with Gasteiger partial charge in [0, 0.05) is 19.0 Å². The van der Waals surface area contributed by atoms with E-state index in [-0.39, 0.29) is 11.5 Å². The maximum absolute atomic E-state index is 11.4. The average Bonchev–Trinajstić information content (AvgIpc) is 3.12. The van der Waals surface area contributed by atoms with Gasteiger partial charge in [-0.25, -0.2) is 9.78 Å². The molecule has 1 amide bonds. The second kappa shape index (κ2) is 5.69. The van der Waals surface area contributed by atoms with Gasteiger partial charge in [0.1, 0.15) is 5.82 Å². The van der Waals surface area contributed by atoms with Gasteiger partial charge in [0.2, 0.25) is 5.91 Å². The van der Waals surface area contributed by atoms with E-state index in [2.05, 4.69) is 15.6 Å². The molecule has 0 spiro atoms. The molecule has 1 aromatic rings. The van der Waals surface area contributed by atoms with Gasteiger partial charge in [0.05, 0.1) is 11.3 Å². The Morgan fingerprint density at radius 1 is 1.42 bits per heavy atom. The standard InChI is InChI=1S/C13H17N3O3/c1-8-10(13(18)19)4-5-11(15-8)14-7-6-12(17)16-9-2-3-9/h4-5,9H,2-3,6-7H2,1H3,(H,14,15)(H,16,17)(H,18,19). The summed E-state index contributed by atoms with van der Waals surface area (Å²) in [5.74, 6) is -0.365. The normalized spacial score (nSPS) is 13.9. The molecule has 6 nitrogen and oxygen atoms in total.